The highest BCUT2D eigenvalue weighted by atomic mass is 127. The highest BCUT2D eigenvalue weighted by Crippen LogP contribution is 2.47. The fraction of sp³-hybridized carbons (Fsp3) is 0.591. The lowest BCUT2D eigenvalue weighted by atomic mass is 9.75. The minimum Gasteiger partial charge on any atom is -0.324 e. The summed E-state index contributed by atoms with van der Waals surface area (Å²) < 4.78 is 4.20. The molecule has 0 unspecified atom stereocenters. The second kappa shape index (κ2) is 8.75. The molecule has 1 N–H and O–H groups in total. The third kappa shape index (κ3) is 3.71. The van der Waals surface area contributed by atoms with E-state index in [0.29, 0.717) is 25.0 Å². The summed E-state index contributed by atoms with van der Waals surface area (Å²) in [5, 5.41) is 1.34. The van der Waals surface area contributed by atoms with Crippen molar-refractivity contribution in [1.82, 2.24) is 14.5 Å². The number of fused-ring (bicyclic) bond motifs is 2. The van der Waals surface area contributed by atoms with Crippen molar-refractivity contribution in [3.63, 3.8) is 0 Å². The van der Waals surface area contributed by atoms with Crippen molar-refractivity contribution < 1.29 is 4.79 Å². The van der Waals surface area contributed by atoms with Gasteiger partial charge in [0, 0.05) is 34.0 Å². The highest BCUT2D eigenvalue weighted by Gasteiger charge is 2.39. The van der Waals surface area contributed by atoms with Crippen LogP contribution in [0.5, 0.6) is 0 Å². The number of benzene rings is 1. The molecule has 2 atom stereocenters. The molecular formula is C22H30BrIN4O. The SMILES string of the molecule is CCCN1CCC[C@@H]2c3cc(I)cc4c3c(c(Br)n4NC(=O)N(CC)CC)C[C@H]21. The van der Waals surface area contributed by atoms with Gasteiger partial charge in [0.15, 0.2) is 0 Å². The van der Waals surface area contributed by atoms with Crippen LogP contribution in [-0.2, 0) is 6.42 Å². The van der Waals surface area contributed by atoms with Crippen LogP contribution in [0.1, 0.15) is 57.1 Å². The van der Waals surface area contributed by atoms with Gasteiger partial charge in [-0.15, -0.1) is 0 Å². The van der Waals surface area contributed by atoms with Gasteiger partial charge < -0.3 is 4.90 Å². The first-order valence-electron chi connectivity index (χ1n) is 10.8. The molecule has 4 rings (SSSR count). The minimum atomic E-state index is -0.0520. The number of amides is 2. The lowest BCUT2D eigenvalue weighted by molar-refractivity contribution is 0.124. The first-order valence-corrected chi connectivity index (χ1v) is 12.7. The molecule has 1 aliphatic carbocycles. The van der Waals surface area contributed by atoms with Gasteiger partial charge in [0.1, 0.15) is 4.60 Å². The quantitative estimate of drug-likeness (QED) is 0.479. The molecule has 0 saturated carbocycles. The van der Waals surface area contributed by atoms with E-state index in [0.717, 1.165) is 16.5 Å². The zero-order valence-electron chi connectivity index (χ0n) is 17.5. The molecule has 7 heteroatoms. The van der Waals surface area contributed by atoms with Crippen molar-refractivity contribution in [2.45, 2.75) is 58.4 Å². The maximum Gasteiger partial charge on any atom is 0.336 e. The molecule has 2 aliphatic rings. The molecule has 2 heterocycles. The third-order valence-corrected chi connectivity index (χ3v) is 8.03. The zero-order chi connectivity index (χ0) is 20.7. The number of carbonyl (C=O) groups excluding carboxylic acids is 1. The van der Waals surface area contributed by atoms with Crippen molar-refractivity contribution >= 4 is 55.5 Å². The smallest absolute Gasteiger partial charge is 0.324 e. The number of hydrogen-bond donors (Lipinski definition) is 1. The Labute approximate surface area is 195 Å². The van der Waals surface area contributed by atoms with E-state index in [1.165, 1.54) is 52.4 Å². The number of halogens is 2. The van der Waals surface area contributed by atoms with Crippen LogP contribution in [0.3, 0.4) is 0 Å². The van der Waals surface area contributed by atoms with Crippen LogP contribution < -0.4 is 5.43 Å². The number of rotatable bonds is 5. The number of urea groups is 1. The van der Waals surface area contributed by atoms with Gasteiger partial charge in [-0.25, -0.2) is 14.9 Å². The Balaban J connectivity index is 1.82. The predicted octanol–water partition coefficient (Wildman–Crippen LogP) is 5.53. The number of nitrogens with zero attached hydrogens (tertiary/aromatic N) is 3. The van der Waals surface area contributed by atoms with Crippen molar-refractivity contribution in [2.24, 2.45) is 0 Å². The van der Waals surface area contributed by atoms with Crippen LogP contribution in [0, 0.1) is 3.57 Å². The fourth-order valence-corrected chi connectivity index (χ4v) is 6.53. The molecule has 158 valence electrons. The number of piperidine rings is 1. The second-order valence-corrected chi connectivity index (χ2v) is 10.1. The normalized spacial score (nSPS) is 21.3. The summed E-state index contributed by atoms with van der Waals surface area (Å²) in [6.07, 6.45) is 4.77. The summed E-state index contributed by atoms with van der Waals surface area (Å²) in [5.41, 5.74) is 7.07. The molecule has 1 aromatic heterocycles. The Hall–Kier alpha value is -0.800. The van der Waals surface area contributed by atoms with Crippen molar-refractivity contribution in [3.05, 3.63) is 31.4 Å². The van der Waals surface area contributed by atoms with E-state index in [4.69, 9.17) is 0 Å². The largest absolute Gasteiger partial charge is 0.336 e. The van der Waals surface area contributed by atoms with Crippen molar-refractivity contribution in [2.75, 3.05) is 31.6 Å². The van der Waals surface area contributed by atoms with Gasteiger partial charge in [-0.1, -0.05) is 6.92 Å². The van der Waals surface area contributed by atoms with Gasteiger partial charge in [0.25, 0.3) is 0 Å². The van der Waals surface area contributed by atoms with Crippen LogP contribution >= 0.6 is 38.5 Å². The summed E-state index contributed by atoms with van der Waals surface area (Å²) in [5.74, 6) is 0.584. The number of aromatic nitrogens is 1. The van der Waals surface area contributed by atoms with Gasteiger partial charge in [0.2, 0.25) is 0 Å². The van der Waals surface area contributed by atoms with E-state index >= 15 is 0 Å². The van der Waals surface area contributed by atoms with E-state index in [9.17, 15) is 4.79 Å². The van der Waals surface area contributed by atoms with E-state index in [-0.39, 0.29) is 6.03 Å². The molecule has 1 aromatic carbocycles. The summed E-state index contributed by atoms with van der Waals surface area (Å²) in [4.78, 5) is 17.3. The molecule has 1 aliphatic heterocycles. The molecule has 5 nitrogen and oxygen atoms in total. The summed E-state index contributed by atoms with van der Waals surface area (Å²) >= 11 is 6.27. The Morgan fingerprint density at radius 1 is 1.31 bits per heavy atom. The standard InChI is InChI=1S/C22H30BrIN4O/c1-4-9-27-10-7-8-15-16-11-14(24)12-19-20(16)17(13-18(15)27)21(23)28(19)25-22(29)26(5-2)6-3/h11-12,15,18H,4-10,13H2,1-3H3,(H,25,29)/t15-,18-/m1/s1. The van der Waals surface area contributed by atoms with Crippen molar-refractivity contribution in [3.8, 4) is 0 Å². The molecule has 2 aromatic rings. The second-order valence-electron chi connectivity index (χ2n) is 8.14. The minimum absolute atomic E-state index is 0.0520. The van der Waals surface area contributed by atoms with Crippen LogP contribution in [-0.4, -0.2) is 52.7 Å². The maximum absolute atomic E-state index is 12.8. The zero-order valence-corrected chi connectivity index (χ0v) is 21.2. The van der Waals surface area contributed by atoms with Crippen LogP contribution in [0.15, 0.2) is 16.7 Å². The van der Waals surface area contributed by atoms with Gasteiger partial charge in [0.05, 0.1) is 5.52 Å². The lowest BCUT2D eigenvalue weighted by Crippen LogP contribution is -2.47. The Bertz CT molecular complexity index is 921. The summed E-state index contributed by atoms with van der Waals surface area (Å²) in [6.45, 7) is 10.1. The predicted molar refractivity (Wildman–Crippen MR) is 131 cm³/mol. The number of likely N-dealkylation sites (tertiary alicyclic amines) is 1. The summed E-state index contributed by atoms with van der Waals surface area (Å²) in [7, 11) is 0. The Morgan fingerprint density at radius 3 is 2.76 bits per heavy atom. The fourth-order valence-electron chi connectivity index (χ4n) is 5.26. The van der Waals surface area contributed by atoms with Crippen LogP contribution in [0.2, 0.25) is 0 Å². The molecule has 0 spiro atoms. The average molecular weight is 573 g/mol. The molecule has 2 amide bonds. The van der Waals surface area contributed by atoms with E-state index in [1.54, 1.807) is 0 Å². The molecule has 0 bridgehead atoms. The Kier molecular flexibility index (Phi) is 6.46. The average Bonchev–Trinajstić information content (AvgIpc) is 2.96. The molecular weight excluding hydrogens is 543 g/mol. The van der Waals surface area contributed by atoms with Gasteiger partial charge >= 0.3 is 6.03 Å². The number of hydrogen-bond acceptors (Lipinski definition) is 2. The van der Waals surface area contributed by atoms with Crippen LogP contribution in [0.25, 0.3) is 10.9 Å². The molecule has 1 saturated heterocycles. The highest BCUT2D eigenvalue weighted by molar-refractivity contribution is 14.1. The van der Waals surface area contributed by atoms with Gasteiger partial charge in [-0.2, -0.15) is 0 Å². The molecule has 29 heavy (non-hydrogen) atoms. The first-order chi connectivity index (χ1) is 14.0. The Morgan fingerprint density at radius 2 is 2.07 bits per heavy atom. The summed E-state index contributed by atoms with van der Waals surface area (Å²) in [6, 6.07) is 5.08. The van der Waals surface area contributed by atoms with E-state index < -0.39 is 0 Å². The maximum atomic E-state index is 12.8. The topological polar surface area (TPSA) is 40.5 Å². The first kappa shape index (κ1) is 21.4. The van der Waals surface area contributed by atoms with Crippen molar-refractivity contribution in [1.29, 1.82) is 0 Å². The van der Waals surface area contributed by atoms with Gasteiger partial charge in [-0.3, -0.25) is 4.90 Å². The lowest BCUT2D eigenvalue weighted by Gasteiger charge is -2.44. The molecule has 0 radical (unpaired) electrons. The van der Waals surface area contributed by atoms with E-state index in [2.05, 4.69) is 67.9 Å². The molecule has 1 fully saturated rings. The number of carbonyl (C=O) groups is 1. The third-order valence-electron chi connectivity index (χ3n) is 6.58. The monoisotopic (exact) mass is 572 g/mol. The van der Waals surface area contributed by atoms with E-state index in [1.807, 2.05) is 23.4 Å². The number of nitrogens with one attached hydrogen (secondary N) is 1. The van der Waals surface area contributed by atoms with Gasteiger partial charge in [-0.05, 0) is 114 Å². The van der Waals surface area contributed by atoms with Crippen LogP contribution in [0.4, 0.5) is 4.79 Å².